The fourth-order valence-electron chi connectivity index (χ4n) is 3.58. The van der Waals surface area contributed by atoms with Crippen LogP contribution in [0.3, 0.4) is 0 Å². The van der Waals surface area contributed by atoms with Crippen LogP contribution < -0.4 is 14.4 Å². The van der Waals surface area contributed by atoms with E-state index in [9.17, 15) is 4.79 Å². The number of anilines is 1. The van der Waals surface area contributed by atoms with E-state index in [0.717, 1.165) is 27.0 Å². The highest BCUT2D eigenvalue weighted by Gasteiger charge is 2.27. The molecule has 5 nitrogen and oxygen atoms in total. The molecule has 0 unspecified atom stereocenters. The van der Waals surface area contributed by atoms with Crippen molar-refractivity contribution in [3.63, 3.8) is 0 Å². The van der Waals surface area contributed by atoms with Gasteiger partial charge < -0.3 is 18.9 Å². The monoisotopic (exact) mass is 440 g/mol. The predicted molar refractivity (Wildman–Crippen MR) is 112 cm³/mol. The van der Waals surface area contributed by atoms with Gasteiger partial charge in [0.2, 0.25) is 0 Å². The van der Waals surface area contributed by atoms with Crippen molar-refractivity contribution in [3.05, 3.63) is 75.5 Å². The van der Waals surface area contributed by atoms with Crippen molar-refractivity contribution < 1.29 is 14.3 Å². The van der Waals surface area contributed by atoms with Gasteiger partial charge in [-0.3, -0.25) is 4.79 Å². The second kappa shape index (κ2) is 7.36. The highest BCUT2D eigenvalue weighted by Crippen LogP contribution is 2.38. The number of ether oxygens (including phenoxy) is 2. The molecule has 6 heteroatoms. The molecular formula is C22H21BrN2O3. The third-order valence-corrected chi connectivity index (χ3v) is 6.00. The third-order valence-electron chi connectivity index (χ3n) is 5.11. The normalized spacial score (nSPS) is 12.8. The molecule has 0 fully saturated rings. The van der Waals surface area contributed by atoms with Crippen molar-refractivity contribution in [1.29, 1.82) is 0 Å². The van der Waals surface area contributed by atoms with Gasteiger partial charge in [-0.05, 0) is 54.4 Å². The fraction of sp³-hybridized carbons (Fsp3) is 0.227. The maximum atomic E-state index is 13.5. The van der Waals surface area contributed by atoms with Crippen molar-refractivity contribution in [2.75, 3.05) is 19.1 Å². The topological polar surface area (TPSA) is 43.7 Å². The minimum absolute atomic E-state index is 0.0429. The number of rotatable bonds is 3. The van der Waals surface area contributed by atoms with Gasteiger partial charge in [0, 0.05) is 34.5 Å². The number of methoxy groups -OCH3 is 2. The minimum Gasteiger partial charge on any atom is -0.493 e. The van der Waals surface area contributed by atoms with Crippen LogP contribution in [-0.2, 0) is 13.1 Å². The Hall–Kier alpha value is -2.73. The summed E-state index contributed by atoms with van der Waals surface area (Å²) in [5, 5.41) is 0. The molecule has 1 aromatic heterocycles. The molecule has 1 aliphatic heterocycles. The lowest BCUT2D eigenvalue weighted by Crippen LogP contribution is -2.30. The molecule has 0 N–H and O–H groups in total. The summed E-state index contributed by atoms with van der Waals surface area (Å²) in [6.45, 7) is 3.14. The lowest BCUT2D eigenvalue weighted by atomic mass is 10.1. The molecule has 0 bridgehead atoms. The van der Waals surface area contributed by atoms with Crippen LogP contribution in [0.1, 0.15) is 27.2 Å². The van der Waals surface area contributed by atoms with E-state index in [-0.39, 0.29) is 5.91 Å². The molecule has 0 saturated heterocycles. The van der Waals surface area contributed by atoms with Gasteiger partial charge in [0.25, 0.3) is 5.91 Å². The standard InChI is InChI=1S/C22H21BrN2O3/c1-14-9-15(6-7-18(14)23)22(26)25-13-17-5-4-8-24(17)12-16-10-20(27-2)21(28-3)11-19(16)25/h4-11H,12-13H2,1-3H3. The zero-order valence-corrected chi connectivity index (χ0v) is 17.6. The SMILES string of the molecule is COc1cc2c(cc1OC)N(C(=O)c1ccc(Br)c(C)c1)Cc1cccn1C2. The Kier molecular flexibility index (Phi) is 4.89. The van der Waals surface area contributed by atoms with Gasteiger partial charge in [0.15, 0.2) is 11.5 Å². The number of aromatic nitrogens is 1. The third kappa shape index (κ3) is 3.18. The first-order chi connectivity index (χ1) is 13.5. The Morgan fingerprint density at radius 3 is 2.50 bits per heavy atom. The highest BCUT2D eigenvalue weighted by molar-refractivity contribution is 9.10. The van der Waals surface area contributed by atoms with Crippen LogP contribution in [0.25, 0.3) is 0 Å². The van der Waals surface area contributed by atoms with Crippen LogP contribution >= 0.6 is 15.9 Å². The smallest absolute Gasteiger partial charge is 0.258 e. The Morgan fingerprint density at radius 1 is 1.04 bits per heavy atom. The number of carbonyl (C=O) groups is 1. The van der Waals surface area contributed by atoms with E-state index in [1.54, 1.807) is 14.2 Å². The molecular weight excluding hydrogens is 420 g/mol. The zero-order valence-electron chi connectivity index (χ0n) is 16.0. The van der Waals surface area contributed by atoms with E-state index in [0.29, 0.717) is 30.2 Å². The van der Waals surface area contributed by atoms with Crippen LogP contribution in [0.15, 0.2) is 53.1 Å². The van der Waals surface area contributed by atoms with Gasteiger partial charge in [-0.25, -0.2) is 0 Å². The predicted octanol–water partition coefficient (Wildman–Crippen LogP) is 4.78. The van der Waals surface area contributed by atoms with Crippen molar-refractivity contribution in [2.45, 2.75) is 20.0 Å². The number of benzene rings is 2. The van der Waals surface area contributed by atoms with Crippen LogP contribution in [0.5, 0.6) is 11.5 Å². The number of fused-ring (bicyclic) bond motifs is 2. The number of amides is 1. The van der Waals surface area contributed by atoms with E-state index < -0.39 is 0 Å². The average molecular weight is 441 g/mol. The van der Waals surface area contributed by atoms with Gasteiger partial charge in [-0.15, -0.1) is 0 Å². The molecule has 0 spiro atoms. The van der Waals surface area contributed by atoms with Crippen LogP contribution in [0, 0.1) is 6.92 Å². The van der Waals surface area contributed by atoms with Crippen molar-refractivity contribution >= 4 is 27.5 Å². The second-order valence-electron chi connectivity index (χ2n) is 6.82. The van der Waals surface area contributed by atoms with E-state index in [2.05, 4.69) is 20.5 Å². The largest absolute Gasteiger partial charge is 0.493 e. The number of nitrogens with zero attached hydrogens (tertiary/aromatic N) is 2. The number of aryl methyl sites for hydroxylation is 1. The number of halogens is 1. The fourth-order valence-corrected chi connectivity index (χ4v) is 3.83. The lowest BCUT2D eigenvalue weighted by molar-refractivity contribution is 0.0984. The lowest BCUT2D eigenvalue weighted by Gasteiger charge is -2.24. The average Bonchev–Trinajstić information content (AvgIpc) is 3.08. The first kappa shape index (κ1) is 18.6. The summed E-state index contributed by atoms with van der Waals surface area (Å²) in [5.74, 6) is 1.22. The maximum absolute atomic E-state index is 13.5. The molecule has 3 aromatic rings. The van der Waals surface area contributed by atoms with Crippen molar-refractivity contribution in [2.24, 2.45) is 0 Å². The number of carbonyl (C=O) groups excluding carboxylic acids is 1. The van der Waals surface area contributed by atoms with Gasteiger partial charge in [-0.2, -0.15) is 0 Å². The molecule has 0 aliphatic carbocycles. The summed E-state index contributed by atoms with van der Waals surface area (Å²) < 4.78 is 14.1. The molecule has 2 aromatic carbocycles. The van der Waals surface area contributed by atoms with E-state index in [1.165, 1.54) is 0 Å². The van der Waals surface area contributed by atoms with Gasteiger partial charge in [0.05, 0.1) is 26.5 Å². The van der Waals surface area contributed by atoms with Gasteiger partial charge >= 0.3 is 0 Å². The second-order valence-corrected chi connectivity index (χ2v) is 7.67. The van der Waals surface area contributed by atoms with Crippen LogP contribution in [0.2, 0.25) is 0 Å². The number of hydrogen-bond donors (Lipinski definition) is 0. The molecule has 0 saturated carbocycles. The first-order valence-electron chi connectivity index (χ1n) is 8.98. The Balaban J connectivity index is 1.86. The molecule has 4 rings (SSSR count). The summed E-state index contributed by atoms with van der Waals surface area (Å²) in [5.41, 5.74) is 4.61. The molecule has 1 aliphatic rings. The van der Waals surface area contributed by atoms with E-state index in [1.807, 2.05) is 60.5 Å². The molecule has 28 heavy (non-hydrogen) atoms. The maximum Gasteiger partial charge on any atom is 0.258 e. The summed E-state index contributed by atoms with van der Waals surface area (Å²) in [6, 6.07) is 13.6. The zero-order chi connectivity index (χ0) is 19.8. The Bertz CT molecular complexity index is 1060. The summed E-state index contributed by atoms with van der Waals surface area (Å²) in [6.07, 6.45) is 2.04. The molecule has 0 radical (unpaired) electrons. The quantitative estimate of drug-likeness (QED) is 0.588. The highest BCUT2D eigenvalue weighted by atomic mass is 79.9. The molecule has 2 heterocycles. The van der Waals surface area contributed by atoms with Crippen LogP contribution in [0.4, 0.5) is 5.69 Å². The molecule has 1 amide bonds. The van der Waals surface area contributed by atoms with Crippen molar-refractivity contribution in [1.82, 2.24) is 4.57 Å². The Morgan fingerprint density at radius 2 is 1.79 bits per heavy atom. The Labute approximate surface area is 172 Å². The van der Waals surface area contributed by atoms with E-state index >= 15 is 0 Å². The summed E-state index contributed by atoms with van der Waals surface area (Å²) >= 11 is 3.51. The first-order valence-corrected chi connectivity index (χ1v) is 9.78. The number of hydrogen-bond acceptors (Lipinski definition) is 3. The van der Waals surface area contributed by atoms with Gasteiger partial charge in [0.1, 0.15) is 0 Å². The minimum atomic E-state index is -0.0429. The molecule has 0 atom stereocenters. The summed E-state index contributed by atoms with van der Waals surface area (Å²) in [4.78, 5) is 15.3. The van der Waals surface area contributed by atoms with Crippen molar-refractivity contribution in [3.8, 4) is 11.5 Å². The summed E-state index contributed by atoms with van der Waals surface area (Å²) in [7, 11) is 3.23. The van der Waals surface area contributed by atoms with Gasteiger partial charge in [-0.1, -0.05) is 15.9 Å². The molecule has 144 valence electrons. The van der Waals surface area contributed by atoms with Crippen LogP contribution in [-0.4, -0.2) is 24.7 Å². The van der Waals surface area contributed by atoms with E-state index in [4.69, 9.17) is 9.47 Å².